The third-order valence-corrected chi connectivity index (χ3v) is 2.84. The molecule has 0 saturated heterocycles. The van der Waals surface area contributed by atoms with E-state index in [-0.39, 0.29) is 5.91 Å². The Bertz CT molecular complexity index is 600. The van der Waals surface area contributed by atoms with E-state index in [1.807, 2.05) is 13.0 Å². The van der Waals surface area contributed by atoms with Crippen molar-refractivity contribution in [2.45, 2.75) is 6.92 Å². The van der Waals surface area contributed by atoms with E-state index in [0.717, 1.165) is 5.69 Å². The van der Waals surface area contributed by atoms with Crippen LogP contribution in [0.3, 0.4) is 0 Å². The summed E-state index contributed by atoms with van der Waals surface area (Å²) in [5.74, 6) is 5.33. The fourth-order valence-electron chi connectivity index (χ4n) is 1.47. The van der Waals surface area contributed by atoms with E-state index in [1.165, 1.54) is 0 Å². The van der Waals surface area contributed by atoms with Gasteiger partial charge in [0.25, 0.3) is 5.91 Å². The summed E-state index contributed by atoms with van der Waals surface area (Å²) < 4.78 is 0.693. The Morgan fingerprint density at radius 1 is 1.32 bits per heavy atom. The Labute approximate surface area is 118 Å². The molecule has 7 heteroatoms. The van der Waals surface area contributed by atoms with E-state index in [2.05, 4.69) is 36.6 Å². The molecule has 6 nitrogen and oxygen atoms in total. The number of carbonyl (C=O) groups excluding carboxylic acids is 1. The first-order valence-electron chi connectivity index (χ1n) is 5.46. The topological polar surface area (TPSA) is 92.9 Å². The number of aryl methyl sites for hydroxylation is 1. The lowest BCUT2D eigenvalue weighted by molar-refractivity contribution is 0.102. The van der Waals surface area contributed by atoms with Crippen LogP contribution >= 0.6 is 15.9 Å². The summed E-state index contributed by atoms with van der Waals surface area (Å²) in [6.45, 7) is 1.88. The number of aromatic nitrogens is 2. The number of nitrogens with zero attached hydrogens (tertiary/aromatic N) is 2. The second-order valence-electron chi connectivity index (χ2n) is 3.84. The molecule has 2 aromatic rings. The van der Waals surface area contributed by atoms with Crippen LogP contribution in [0.1, 0.15) is 16.1 Å². The van der Waals surface area contributed by atoms with Crippen molar-refractivity contribution in [1.82, 2.24) is 9.97 Å². The fraction of sp³-hybridized carbons (Fsp3) is 0.0833. The van der Waals surface area contributed by atoms with E-state index in [1.54, 1.807) is 24.5 Å². The van der Waals surface area contributed by atoms with E-state index < -0.39 is 0 Å². The maximum Gasteiger partial charge on any atom is 0.259 e. The molecule has 0 unspecified atom stereocenters. The van der Waals surface area contributed by atoms with Gasteiger partial charge in [-0.3, -0.25) is 9.78 Å². The molecule has 19 heavy (non-hydrogen) atoms. The summed E-state index contributed by atoms with van der Waals surface area (Å²) in [5.41, 5.74) is 4.23. The van der Waals surface area contributed by atoms with Gasteiger partial charge in [-0.25, -0.2) is 10.8 Å². The Morgan fingerprint density at radius 2 is 2.11 bits per heavy atom. The first kappa shape index (κ1) is 13.4. The van der Waals surface area contributed by atoms with Gasteiger partial charge in [-0.1, -0.05) is 0 Å². The number of halogens is 1. The van der Waals surface area contributed by atoms with Gasteiger partial charge in [0.05, 0.1) is 17.4 Å². The first-order chi connectivity index (χ1) is 9.10. The summed E-state index contributed by atoms with van der Waals surface area (Å²) in [6, 6.07) is 5.23. The lowest BCUT2D eigenvalue weighted by Gasteiger charge is -2.09. The van der Waals surface area contributed by atoms with E-state index in [9.17, 15) is 4.79 Å². The summed E-state index contributed by atoms with van der Waals surface area (Å²) >= 11 is 3.27. The van der Waals surface area contributed by atoms with Crippen LogP contribution in [0.25, 0.3) is 0 Å². The molecule has 0 saturated carbocycles. The second-order valence-corrected chi connectivity index (χ2v) is 4.75. The number of hydrogen-bond donors (Lipinski definition) is 3. The van der Waals surface area contributed by atoms with Crippen LogP contribution in [0.2, 0.25) is 0 Å². The molecule has 0 aliphatic rings. The highest BCUT2D eigenvalue weighted by atomic mass is 79.9. The molecule has 0 fully saturated rings. The number of hydrogen-bond acceptors (Lipinski definition) is 5. The molecule has 0 aliphatic heterocycles. The fourth-order valence-corrected chi connectivity index (χ4v) is 1.80. The van der Waals surface area contributed by atoms with Crippen molar-refractivity contribution in [2.75, 3.05) is 10.7 Å². The molecule has 0 radical (unpaired) electrons. The van der Waals surface area contributed by atoms with Gasteiger partial charge < -0.3 is 10.7 Å². The maximum atomic E-state index is 12.1. The third-order valence-electron chi connectivity index (χ3n) is 2.40. The maximum absolute atomic E-state index is 12.1. The highest BCUT2D eigenvalue weighted by molar-refractivity contribution is 9.10. The number of pyridine rings is 2. The zero-order valence-corrected chi connectivity index (χ0v) is 11.7. The average Bonchev–Trinajstić information content (AvgIpc) is 2.41. The Balaban J connectivity index is 2.24. The molecule has 2 aromatic heterocycles. The number of rotatable bonds is 3. The van der Waals surface area contributed by atoms with Gasteiger partial charge in [0.2, 0.25) is 0 Å². The summed E-state index contributed by atoms with van der Waals surface area (Å²) in [5, 5.41) is 2.73. The van der Waals surface area contributed by atoms with Crippen molar-refractivity contribution in [3.05, 3.63) is 46.3 Å². The normalized spacial score (nSPS) is 10.1. The predicted molar refractivity (Wildman–Crippen MR) is 76.7 cm³/mol. The lowest BCUT2D eigenvalue weighted by atomic mass is 10.2. The van der Waals surface area contributed by atoms with Crippen molar-refractivity contribution < 1.29 is 4.79 Å². The zero-order chi connectivity index (χ0) is 13.8. The lowest BCUT2D eigenvalue weighted by Crippen LogP contribution is -2.18. The van der Waals surface area contributed by atoms with Crippen LogP contribution in [0.15, 0.2) is 35.1 Å². The van der Waals surface area contributed by atoms with Gasteiger partial charge >= 0.3 is 0 Å². The molecule has 0 bridgehead atoms. The first-order valence-corrected chi connectivity index (χ1v) is 6.25. The van der Waals surface area contributed by atoms with E-state index in [4.69, 9.17) is 5.84 Å². The summed E-state index contributed by atoms with van der Waals surface area (Å²) in [6.07, 6.45) is 3.15. The van der Waals surface area contributed by atoms with Crippen LogP contribution in [0, 0.1) is 6.92 Å². The monoisotopic (exact) mass is 321 g/mol. The molecule has 0 aliphatic carbocycles. The summed E-state index contributed by atoms with van der Waals surface area (Å²) in [4.78, 5) is 20.3. The number of nitrogen functional groups attached to an aromatic ring is 1. The number of nitrogens with one attached hydrogen (secondary N) is 2. The molecule has 0 atom stereocenters. The molecule has 2 heterocycles. The number of nitrogens with two attached hydrogens (primary N) is 1. The summed E-state index contributed by atoms with van der Waals surface area (Å²) in [7, 11) is 0. The number of amides is 1. The van der Waals surface area contributed by atoms with Crippen molar-refractivity contribution >= 4 is 33.3 Å². The molecule has 0 aromatic carbocycles. The smallest absolute Gasteiger partial charge is 0.259 e. The molecule has 0 spiro atoms. The van der Waals surface area contributed by atoms with Crippen LogP contribution in [0.4, 0.5) is 11.5 Å². The minimum Gasteiger partial charge on any atom is -0.320 e. The van der Waals surface area contributed by atoms with Crippen LogP contribution in [-0.4, -0.2) is 15.9 Å². The van der Waals surface area contributed by atoms with Crippen molar-refractivity contribution in [1.29, 1.82) is 0 Å². The van der Waals surface area contributed by atoms with Gasteiger partial charge in [-0.2, -0.15) is 0 Å². The molecule has 2 rings (SSSR count). The Hall–Kier alpha value is -1.99. The van der Waals surface area contributed by atoms with Gasteiger partial charge in [0, 0.05) is 16.4 Å². The predicted octanol–water partition coefficient (Wildman–Crippen LogP) is 2.09. The van der Waals surface area contributed by atoms with Crippen LogP contribution < -0.4 is 16.6 Å². The van der Waals surface area contributed by atoms with Crippen molar-refractivity contribution in [2.24, 2.45) is 5.84 Å². The van der Waals surface area contributed by atoms with Gasteiger partial charge in [-0.05, 0) is 41.1 Å². The van der Waals surface area contributed by atoms with Gasteiger partial charge in [0.15, 0.2) is 5.82 Å². The largest absolute Gasteiger partial charge is 0.320 e. The minimum absolute atomic E-state index is 0.306. The molecular weight excluding hydrogens is 310 g/mol. The second kappa shape index (κ2) is 5.77. The molecule has 98 valence electrons. The van der Waals surface area contributed by atoms with Crippen LogP contribution in [-0.2, 0) is 0 Å². The third kappa shape index (κ3) is 3.27. The number of carbonyl (C=O) groups is 1. The van der Waals surface area contributed by atoms with Crippen molar-refractivity contribution in [3.63, 3.8) is 0 Å². The molecular formula is C12H12BrN5O. The van der Waals surface area contributed by atoms with E-state index in [0.29, 0.717) is 21.5 Å². The minimum atomic E-state index is -0.313. The average molecular weight is 322 g/mol. The number of anilines is 2. The molecule has 4 N–H and O–H groups in total. The highest BCUT2D eigenvalue weighted by Crippen LogP contribution is 2.18. The highest BCUT2D eigenvalue weighted by Gasteiger charge is 2.13. The standard InChI is InChI=1S/C12H12BrN5O/c1-7-2-3-9(6-15-7)17-12(19)10-4-8(13)5-16-11(10)18-14/h2-6H,14H2,1H3,(H,16,18)(H,17,19). The van der Waals surface area contributed by atoms with Crippen LogP contribution in [0.5, 0.6) is 0 Å². The Morgan fingerprint density at radius 3 is 2.74 bits per heavy atom. The zero-order valence-electron chi connectivity index (χ0n) is 10.1. The van der Waals surface area contributed by atoms with Crippen molar-refractivity contribution in [3.8, 4) is 0 Å². The van der Waals surface area contributed by atoms with E-state index >= 15 is 0 Å². The SMILES string of the molecule is Cc1ccc(NC(=O)c2cc(Br)cnc2NN)cn1. The van der Waals surface area contributed by atoms with Gasteiger partial charge in [0.1, 0.15) is 0 Å². The Kier molecular flexibility index (Phi) is 4.08. The number of hydrazine groups is 1. The molecule has 1 amide bonds. The van der Waals surface area contributed by atoms with Gasteiger partial charge in [-0.15, -0.1) is 0 Å². The quantitative estimate of drug-likeness (QED) is 0.594.